The summed E-state index contributed by atoms with van der Waals surface area (Å²) in [6, 6.07) is 1.88. The second-order valence-electron chi connectivity index (χ2n) is 2.26. The SMILES string of the molecule is O=C1CCNc2sccc21. The summed E-state index contributed by atoms with van der Waals surface area (Å²) < 4.78 is 0. The molecule has 0 saturated carbocycles. The Balaban J connectivity index is 2.50. The molecular weight excluding hydrogens is 146 g/mol. The van der Waals surface area contributed by atoms with Crippen LogP contribution in [0.3, 0.4) is 0 Å². The first-order chi connectivity index (χ1) is 4.88. The topological polar surface area (TPSA) is 29.1 Å². The van der Waals surface area contributed by atoms with Gasteiger partial charge in [0, 0.05) is 13.0 Å². The van der Waals surface area contributed by atoms with E-state index in [1.165, 1.54) is 0 Å². The van der Waals surface area contributed by atoms with Crippen LogP contribution in [0.15, 0.2) is 11.4 Å². The molecule has 0 amide bonds. The molecule has 1 N–H and O–H groups in total. The third-order valence-electron chi connectivity index (χ3n) is 1.60. The fourth-order valence-electron chi connectivity index (χ4n) is 1.09. The number of nitrogens with one attached hydrogen (secondary N) is 1. The molecule has 1 aromatic heterocycles. The highest BCUT2D eigenvalue weighted by atomic mass is 32.1. The first-order valence-electron chi connectivity index (χ1n) is 3.22. The minimum absolute atomic E-state index is 0.273. The lowest BCUT2D eigenvalue weighted by Gasteiger charge is -2.10. The number of hydrogen-bond donors (Lipinski definition) is 1. The largest absolute Gasteiger partial charge is 0.376 e. The zero-order chi connectivity index (χ0) is 6.97. The molecule has 52 valence electrons. The molecule has 1 aliphatic rings. The number of fused-ring (bicyclic) bond motifs is 1. The van der Waals surface area contributed by atoms with Gasteiger partial charge in [-0.1, -0.05) is 0 Å². The molecule has 0 radical (unpaired) electrons. The Labute approximate surface area is 62.9 Å². The first-order valence-corrected chi connectivity index (χ1v) is 4.10. The van der Waals surface area contributed by atoms with Crippen LogP contribution >= 0.6 is 11.3 Å². The maximum Gasteiger partial charge on any atom is 0.167 e. The van der Waals surface area contributed by atoms with Crippen LogP contribution in [-0.4, -0.2) is 12.3 Å². The van der Waals surface area contributed by atoms with E-state index in [9.17, 15) is 4.79 Å². The molecule has 2 rings (SSSR count). The summed E-state index contributed by atoms with van der Waals surface area (Å²) >= 11 is 1.60. The minimum Gasteiger partial charge on any atom is -0.376 e. The summed E-state index contributed by atoms with van der Waals surface area (Å²) in [5, 5.41) is 6.15. The number of anilines is 1. The van der Waals surface area contributed by atoms with E-state index < -0.39 is 0 Å². The van der Waals surface area contributed by atoms with Crippen LogP contribution in [-0.2, 0) is 0 Å². The van der Waals surface area contributed by atoms with Crippen molar-refractivity contribution < 1.29 is 4.79 Å². The second-order valence-corrected chi connectivity index (χ2v) is 3.18. The molecule has 2 heterocycles. The number of thiophene rings is 1. The fraction of sp³-hybridized carbons (Fsp3) is 0.286. The number of rotatable bonds is 0. The molecule has 0 fully saturated rings. The average Bonchev–Trinajstić information content (AvgIpc) is 2.36. The molecular formula is C7H7NOS. The Morgan fingerprint density at radius 1 is 1.60 bits per heavy atom. The third-order valence-corrected chi connectivity index (χ3v) is 2.48. The van der Waals surface area contributed by atoms with Gasteiger partial charge in [-0.15, -0.1) is 11.3 Å². The van der Waals surface area contributed by atoms with E-state index in [2.05, 4.69) is 5.32 Å². The molecule has 1 aliphatic heterocycles. The lowest BCUT2D eigenvalue weighted by molar-refractivity contribution is 0.0984. The monoisotopic (exact) mass is 153 g/mol. The summed E-state index contributed by atoms with van der Waals surface area (Å²) in [5.41, 5.74) is 0.872. The highest BCUT2D eigenvalue weighted by molar-refractivity contribution is 7.14. The smallest absolute Gasteiger partial charge is 0.167 e. The van der Waals surface area contributed by atoms with Crippen molar-refractivity contribution in [3.05, 3.63) is 17.0 Å². The predicted octanol–water partition coefficient (Wildman–Crippen LogP) is 1.75. The maximum atomic E-state index is 11.1. The molecule has 0 spiro atoms. The van der Waals surface area contributed by atoms with Crippen LogP contribution in [0.4, 0.5) is 5.00 Å². The van der Waals surface area contributed by atoms with Crippen LogP contribution in [0, 0.1) is 0 Å². The van der Waals surface area contributed by atoms with Crippen LogP contribution in [0.1, 0.15) is 16.8 Å². The molecule has 0 unspecified atom stereocenters. The fourth-order valence-corrected chi connectivity index (χ4v) is 1.92. The van der Waals surface area contributed by atoms with E-state index >= 15 is 0 Å². The predicted molar refractivity (Wildman–Crippen MR) is 41.8 cm³/mol. The van der Waals surface area contributed by atoms with Crippen LogP contribution in [0.25, 0.3) is 0 Å². The van der Waals surface area contributed by atoms with Crippen molar-refractivity contribution in [1.82, 2.24) is 0 Å². The van der Waals surface area contributed by atoms with Crippen molar-refractivity contribution in [2.75, 3.05) is 11.9 Å². The second kappa shape index (κ2) is 2.09. The van der Waals surface area contributed by atoms with Gasteiger partial charge in [-0.2, -0.15) is 0 Å². The molecule has 3 heteroatoms. The van der Waals surface area contributed by atoms with Gasteiger partial charge in [-0.05, 0) is 11.4 Å². The third kappa shape index (κ3) is 0.743. The molecule has 0 aliphatic carbocycles. The standard InChI is InChI=1S/C7H7NOS/c9-6-1-3-8-7-5(6)2-4-10-7/h2,4,8H,1,3H2. The van der Waals surface area contributed by atoms with Gasteiger partial charge in [0.25, 0.3) is 0 Å². The summed E-state index contributed by atoms with van der Waals surface area (Å²) in [7, 11) is 0. The Hall–Kier alpha value is -0.830. The summed E-state index contributed by atoms with van der Waals surface area (Å²) in [6.45, 7) is 0.798. The lowest BCUT2D eigenvalue weighted by atomic mass is 10.1. The number of Topliss-reactive ketones (excluding diaryl/α,β-unsaturated/α-hetero) is 1. The first kappa shape index (κ1) is 5.92. The van der Waals surface area contributed by atoms with Gasteiger partial charge >= 0.3 is 0 Å². The summed E-state index contributed by atoms with van der Waals surface area (Å²) in [5.74, 6) is 0.273. The highest BCUT2D eigenvalue weighted by Crippen LogP contribution is 2.27. The lowest BCUT2D eigenvalue weighted by Crippen LogP contribution is -2.15. The normalized spacial score (nSPS) is 16.2. The van der Waals surface area contributed by atoms with Crippen LogP contribution in [0.2, 0.25) is 0 Å². The van der Waals surface area contributed by atoms with Crippen molar-refractivity contribution in [2.45, 2.75) is 6.42 Å². The van der Waals surface area contributed by atoms with Crippen molar-refractivity contribution in [3.63, 3.8) is 0 Å². The number of carbonyl (C=O) groups is 1. The van der Waals surface area contributed by atoms with Gasteiger partial charge in [-0.25, -0.2) is 0 Å². The molecule has 10 heavy (non-hydrogen) atoms. The van der Waals surface area contributed by atoms with Gasteiger partial charge in [0.05, 0.1) is 10.6 Å². The number of ketones is 1. The van der Waals surface area contributed by atoms with E-state index in [0.29, 0.717) is 6.42 Å². The van der Waals surface area contributed by atoms with E-state index in [4.69, 9.17) is 0 Å². The van der Waals surface area contributed by atoms with E-state index in [0.717, 1.165) is 17.1 Å². The van der Waals surface area contributed by atoms with Gasteiger partial charge in [0.1, 0.15) is 0 Å². The maximum absolute atomic E-state index is 11.1. The zero-order valence-corrected chi connectivity index (χ0v) is 6.20. The van der Waals surface area contributed by atoms with Crippen molar-refractivity contribution in [1.29, 1.82) is 0 Å². The van der Waals surface area contributed by atoms with E-state index in [-0.39, 0.29) is 5.78 Å². The Morgan fingerprint density at radius 3 is 3.30 bits per heavy atom. The number of hydrogen-bond acceptors (Lipinski definition) is 3. The molecule has 2 nitrogen and oxygen atoms in total. The van der Waals surface area contributed by atoms with Gasteiger partial charge in [-0.3, -0.25) is 4.79 Å². The van der Waals surface area contributed by atoms with Crippen molar-refractivity contribution in [3.8, 4) is 0 Å². The van der Waals surface area contributed by atoms with Crippen LogP contribution in [0.5, 0.6) is 0 Å². The summed E-state index contributed by atoms with van der Waals surface area (Å²) in [4.78, 5) is 11.1. The quantitative estimate of drug-likeness (QED) is 0.615. The molecule has 0 aromatic carbocycles. The molecule has 0 saturated heterocycles. The minimum atomic E-state index is 0.273. The van der Waals surface area contributed by atoms with Crippen molar-refractivity contribution >= 4 is 22.1 Å². The summed E-state index contributed by atoms with van der Waals surface area (Å²) in [6.07, 6.45) is 0.643. The Kier molecular flexibility index (Phi) is 1.24. The molecule has 0 atom stereocenters. The van der Waals surface area contributed by atoms with Crippen molar-refractivity contribution in [2.24, 2.45) is 0 Å². The van der Waals surface area contributed by atoms with Gasteiger partial charge in [0.2, 0.25) is 0 Å². The number of carbonyl (C=O) groups excluding carboxylic acids is 1. The van der Waals surface area contributed by atoms with Crippen LogP contribution < -0.4 is 5.32 Å². The van der Waals surface area contributed by atoms with Gasteiger partial charge < -0.3 is 5.32 Å². The van der Waals surface area contributed by atoms with E-state index in [1.807, 2.05) is 11.4 Å². The average molecular weight is 153 g/mol. The van der Waals surface area contributed by atoms with Gasteiger partial charge in [0.15, 0.2) is 5.78 Å². The highest BCUT2D eigenvalue weighted by Gasteiger charge is 2.16. The molecule has 1 aromatic rings. The Morgan fingerprint density at radius 2 is 2.50 bits per heavy atom. The van der Waals surface area contributed by atoms with E-state index in [1.54, 1.807) is 11.3 Å². The zero-order valence-electron chi connectivity index (χ0n) is 5.39. The molecule has 0 bridgehead atoms. The Bertz CT molecular complexity index is 266.